The van der Waals surface area contributed by atoms with E-state index in [-0.39, 0.29) is 11.9 Å². The Morgan fingerprint density at radius 1 is 1.10 bits per heavy atom. The van der Waals surface area contributed by atoms with Gasteiger partial charge in [-0.25, -0.2) is 0 Å². The molecule has 0 fully saturated rings. The summed E-state index contributed by atoms with van der Waals surface area (Å²) in [6, 6.07) is 19.3. The number of carbonyl (C=O) groups excluding carboxylic acids is 1. The summed E-state index contributed by atoms with van der Waals surface area (Å²) in [5, 5.41) is 13.0. The minimum absolute atomic E-state index is 0.0392. The topological polar surface area (TPSA) is 77.2 Å². The molecule has 4 rings (SSSR count). The van der Waals surface area contributed by atoms with Gasteiger partial charge in [-0.3, -0.25) is 10.1 Å². The zero-order chi connectivity index (χ0) is 21.8. The van der Waals surface area contributed by atoms with Gasteiger partial charge in [0.1, 0.15) is 5.75 Å². The zero-order valence-electron chi connectivity index (χ0n) is 17.6. The molecule has 31 heavy (non-hydrogen) atoms. The van der Waals surface area contributed by atoms with Crippen LogP contribution in [-0.2, 0) is 0 Å². The van der Waals surface area contributed by atoms with Crippen molar-refractivity contribution in [2.45, 2.75) is 30.9 Å². The number of fused-ring (bicyclic) bond motifs is 1. The lowest BCUT2D eigenvalue weighted by Crippen LogP contribution is -2.14. The molecule has 4 aromatic rings. The van der Waals surface area contributed by atoms with Gasteiger partial charge in [-0.2, -0.15) is 0 Å². The van der Waals surface area contributed by atoms with Gasteiger partial charge in [0.2, 0.25) is 5.89 Å². The van der Waals surface area contributed by atoms with E-state index in [0.717, 1.165) is 21.2 Å². The van der Waals surface area contributed by atoms with Crippen molar-refractivity contribution in [1.82, 2.24) is 10.2 Å². The van der Waals surface area contributed by atoms with Crippen LogP contribution in [0.4, 0.5) is 6.01 Å². The Bertz CT molecular complexity index is 1220. The van der Waals surface area contributed by atoms with Crippen LogP contribution in [0.2, 0.25) is 0 Å². The molecule has 1 heterocycles. The van der Waals surface area contributed by atoms with E-state index in [0.29, 0.717) is 29.1 Å². The second kappa shape index (κ2) is 9.22. The van der Waals surface area contributed by atoms with E-state index in [1.54, 1.807) is 17.8 Å². The number of nitrogens with one attached hydrogen (secondary N) is 1. The molecular formula is C24H23N3O3S. The molecular weight excluding hydrogens is 410 g/mol. The monoisotopic (exact) mass is 433 g/mol. The van der Waals surface area contributed by atoms with Crippen LogP contribution in [0.3, 0.4) is 0 Å². The first-order valence-corrected chi connectivity index (χ1v) is 11.0. The average Bonchev–Trinajstić information content (AvgIpc) is 3.22. The summed E-state index contributed by atoms with van der Waals surface area (Å²) in [4.78, 5) is 14.2. The second-order valence-corrected chi connectivity index (χ2v) is 8.80. The number of hydrogen-bond acceptors (Lipinski definition) is 6. The maximum atomic E-state index is 13.1. The van der Waals surface area contributed by atoms with E-state index >= 15 is 0 Å². The third kappa shape index (κ3) is 4.72. The first-order chi connectivity index (χ1) is 15.0. The predicted octanol–water partition coefficient (Wildman–Crippen LogP) is 6.04. The van der Waals surface area contributed by atoms with Gasteiger partial charge >= 0.3 is 6.01 Å². The van der Waals surface area contributed by atoms with Gasteiger partial charge in [-0.1, -0.05) is 55.3 Å². The third-order valence-corrected chi connectivity index (χ3v) is 5.51. The lowest BCUT2D eigenvalue weighted by Gasteiger charge is -2.12. The van der Waals surface area contributed by atoms with Crippen molar-refractivity contribution >= 4 is 34.5 Å². The van der Waals surface area contributed by atoms with Crippen LogP contribution in [0.1, 0.15) is 31.1 Å². The number of carbonyl (C=O) groups is 1. The molecule has 0 aliphatic heterocycles. The Hall–Kier alpha value is -3.32. The first-order valence-electron chi connectivity index (χ1n) is 10.1. The third-order valence-electron chi connectivity index (χ3n) is 4.52. The van der Waals surface area contributed by atoms with Gasteiger partial charge in [0.05, 0.1) is 12.2 Å². The van der Waals surface area contributed by atoms with E-state index in [1.807, 2.05) is 61.5 Å². The maximum absolute atomic E-state index is 13.1. The summed E-state index contributed by atoms with van der Waals surface area (Å²) in [5.74, 6) is 0.501. The van der Waals surface area contributed by atoms with E-state index in [2.05, 4.69) is 29.4 Å². The van der Waals surface area contributed by atoms with Crippen molar-refractivity contribution in [3.05, 3.63) is 66.2 Å². The van der Waals surface area contributed by atoms with Crippen LogP contribution < -0.4 is 10.1 Å². The van der Waals surface area contributed by atoms with Crippen molar-refractivity contribution in [2.75, 3.05) is 11.9 Å². The van der Waals surface area contributed by atoms with Crippen molar-refractivity contribution in [2.24, 2.45) is 0 Å². The highest BCUT2D eigenvalue weighted by Gasteiger charge is 2.19. The van der Waals surface area contributed by atoms with Crippen LogP contribution >= 0.6 is 11.8 Å². The summed E-state index contributed by atoms with van der Waals surface area (Å²) in [5.41, 5.74) is 1.24. The molecule has 0 saturated heterocycles. The van der Waals surface area contributed by atoms with Gasteiger partial charge in [-0.15, -0.1) is 16.9 Å². The standard InChI is InChI=1S/C24H23N3O3S/c1-4-29-20-13-12-16-8-5-6-11-19(16)21(20)22(28)25-24-27-26-23(30-24)17-9-7-10-18(14-17)31-15(2)3/h5-15H,4H2,1-3H3,(H,25,27,28). The highest BCUT2D eigenvalue weighted by atomic mass is 32.2. The van der Waals surface area contributed by atoms with Crippen molar-refractivity contribution in [1.29, 1.82) is 0 Å². The largest absolute Gasteiger partial charge is 0.493 e. The highest BCUT2D eigenvalue weighted by Crippen LogP contribution is 2.30. The Morgan fingerprint density at radius 2 is 1.94 bits per heavy atom. The number of thioether (sulfide) groups is 1. The number of ether oxygens (including phenoxy) is 1. The fourth-order valence-electron chi connectivity index (χ4n) is 3.29. The van der Waals surface area contributed by atoms with E-state index in [1.165, 1.54) is 0 Å². The Kier molecular flexibility index (Phi) is 6.23. The number of aromatic nitrogens is 2. The minimum atomic E-state index is -0.362. The summed E-state index contributed by atoms with van der Waals surface area (Å²) < 4.78 is 11.4. The van der Waals surface area contributed by atoms with Gasteiger partial charge in [0, 0.05) is 15.7 Å². The van der Waals surface area contributed by atoms with Crippen LogP contribution in [0, 0.1) is 0 Å². The molecule has 0 saturated carbocycles. The van der Waals surface area contributed by atoms with Crippen molar-refractivity contribution in [3.8, 4) is 17.2 Å². The molecule has 3 aromatic carbocycles. The van der Waals surface area contributed by atoms with Gasteiger partial charge < -0.3 is 9.15 Å². The fraction of sp³-hybridized carbons (Fsp3) is 0.208. The number of benzene rings is 3. The van der Waals surface area contributed by atoms with Crippen LogP contribution in [0.5, 0.6) is 5.75 Å². The van der Waals surface area contributed by atoms with Crippen molar-refractivity contribution in [3.63, 3.8) is 0 Å². The number of amides is 1. The SMILES string of the molecule is CCOc1ccc2ccccc2c1C(=O)Nc1nnc(-c2cccc(SC(C)C)c2)o1. The number of anilines is 1. The number of hydrogen-bond donors (Lipinski definition) is 1. The normalized spacial score (nSPS) is 11.1. The lowest BCUT2D eigenvalue weighted by molar-refractivity contribution is 0.102. The number of rotatable bonds is 7. The molecule has 0 spiro atoms. The summed E-state index contributed by atoms with van der Waals surface area (Å²) in [6.45, 7) is 6.61. The second-order valence-electron chi connectivity index (χ2n) is 7.15. The zero-order valence-corrected chi connectivity index (χ0v) is 18.4. The molecule has 1 N–H and O–H groups in total. The molecule has 0 unspecified atom stereocenters. The molecule has 1 amide bonds. The number of nitrogens with zero attached hydrogens (tertiary/aromatic N) is 2. The molecule has 0 aliphatic rings. The van der Waals surface area contributed by atoms with Gasteiger partial charge in [0.15, 0.2) is 0 Å². The molecule has 1 aromatic heterocycles. The quantitative estimate of drug-likeness (QED) is 0.358. The van der Waals surface area contributed by atoms with E-state index < -0.39 is 0 Å². The fourth-order valence-corrected chi connectivity index (χ4v) is 4.18. The summed E-state index contributed by atoms with van der Waals surface area (Å²) in [7, 11) is 0. The molecule has 0 aliphatic carbocycles. The smallest absolute Gasteiger partial charge is 0.322 e. The Morgan fingerprint density at radius 3 is 2.74 bits per heavy atom. The van der Waals surface area contributed by atoms with Gasteiger partial charge in [-0.05, 0) is 42.0 Å². The molecule has 0 radical (unpaired) electrons. The summed E-state index contributed by atoms with van der Waals surface area (Å²) in [6.07, 6.45) is 0. The average molecular weight is 434 g/mol. The van der Waals surface area contributed by atoms with Crippen LogP contribution in [0.15, 0.2) is 70.0 Å². The molecule has 0 atom stereocenters. The Balaban J connectivity index is 1.61. The summed E-state index contributed by atoms with van der Waals surface area (Å²) >= 11 is 1.76. The van der Waals surface area contributed by atoms with Crippen LogP contribution in [0.25, 0.3) is 22.2 Å². The maximum Gasteiger partial charge on any atom is 0.322 e. The van der Waals surface area contributed by atoms with Crippen LogP contribution in [-0.4, -0.2) is 28.0 Å². The van der Waals surface area contributed by atoms with Crippen molar-refractivity contribution < 1.29 is 13.9 Å². The Labute approximate surface area is 185 Å². The molecule has 7 heteroatoms. The van der Waals surface area contributed by atoms with Gasteiger partial charge in [0.25, 0.3) is 5.91 Å². The molecule has 158 valence electrons. The minimum Gasteiger partial charge on any atom is -0.493 e. The lowest BCUT2D eigenvalue weighted by atomic mass is 10.0. The predicted molar refractivity (Wildman–Crippen MR) is 124 cm³/mol. The van der Waals surface area contributed by atoms with E-state index in [4.69, 9.17) is 9.15 Å². The molecule has 0 bridgehead atoms. The molecule has 6 nitrogen and oxygen atoms in total. The first kappa shape index (κ1) is 20.9. The van der Waals surface area contributed by atoms with E-state index in [9.17, 15) is 4.79 Å². The highest BCUT2D eigenvalue weighted by molar-refractivity contribution is 7.99.